The van der Waals surface area contributed by atoms with Crippen LogP contribution in [0.25, 0.3) is 10.9 Å². The molecule has 0 aliphatic rings. The van der Waals surface area contributed by atoms with E-state index < -0.39 is 0 Å². The molecular weight excluding hydrogens is 212 g/mol. The second-order valence-electron chi connectivity index (χ2n) is 3.82. The molecule has 0 amide bonds. The number of carbonyl (C=O) groups is 1. The Morgan fingerprint density at radius 1 is 1.12 bits per heavy atom. The SMILES string of the molecule is O=C(c1ccc2ncccc2c1)c1ccc[nH]1. The van der Waals surface area contributed by atoms with Crippen LogP contribution in [-0.2, 0) is 0 Å². The van der Waals surface area contributed by atoms with Crippen LogP contribution in [0.1, 0.15) is 16.1 Å². The molecule has 0 saturated heterocycles. The van der Waals surface area contributed by atoms with Crippen molar-refractivity contribution in [1.29, 1.82) is 0 Å². The van der Waals surface area contributed by atoms with Gasteiger partial charge >= 0.3 is 0 Å². The van der Waals surface area contributed by atoms with Crippen molar-refractivity contribution < 1.29 is 4.79 Å². The minimum atomic E-state index is 0.000697. The highest BCUT2D eigenvalue weighted by Crippen LogP contribution is 2.15. The van der Waals surface area contributed by atoms with Gasteiger partial charge in [-0.25, -0.2) is 0 Å². The predicted octanol–water partition coefficient (Wildman–Crippen LogP) is 2.79. The summed E-state index contributed by atoms with van der Waals surface area (Å²) in [6, 6.07) is 12.9. The summed E-state index contributed by atoms with van der Waals surface area (Å²) in [5, 5.41) is 0.977. The van der Waals surface area contributed by atoms with Gasteiger partial charge in [0.15, 0.2) is 0 Å². The fourth-order valence-corrected chi connectivity index (χ4v) is 1.84. The number of aromatic amines is 1. The zero-order valence-electron chi connectivity index (χ0n) is 9.05. The van der Waals surface area contributed by atoms with Crippen molar-refractivity contribution in [2.45, 2.75) is 0 Å². The van der Waals surface area contributed by atoms with Gasteiger partial charge in [-0.2, -0.15) is 0 Å². The van der Waals surface area contributed by atoms with Crippen LogP contribution < -0.4 is 0 Å². The molecule has 0 bridgehead atoms. The second-order valence-corrected chi connectivity index (χ2v) is 3.82. The Labute approximate surface area is 98.1 Å². The van der Waals surface area contributed by atoms with E-state index in [0.29, 0.717) is 11.3 Å². The van der Waals surface area contributed by atoms with Gasteiger partial charge in [-0.05, 0) is 36.4 Å². The van der Waals surface area contributed by atoms with Gasteiger partial charge in [-0.1, -0.05) is 6.07 Å². The molecule has 0 unspecified atom stereocenters. The number of aromatic nitrogens is 2. The van der Waals surface area contributed by atoms with Crippen LogP contribution in [0.5, 0.6) is 0 Å². The fraction of sp³-hybridized carbons (Fsp3) is 0. The van der Waals surface area contributed by atoms with Crippen molar-refractivity contribution in [3.8, 4) is 0 Å². The number of ketones is 1. The maximum absolute atomic E-state index is 12.1. The number of pyridine rings is 1. The molecule has 0 atom stereocenters. The Bertz CT molecular complexity index is 672. The zero-order chi connectivity index (χ0) is 11.7. The van der Waals surface area contributed by atoms with Gasteiger partial charge in [0.1, 0.15) is 0 Å². The van der Waals surface area contributed by atoms with Crippen molar-refractivity contribution >= 4 is 16.7 Å². The van der Waals surface area contributed by atoms with Gasteiger partial charge in [-0.15, -0.1) is 0 Å². The molecule has 3 nitrogen and oxygen atoms in total. The molecule has 17 heavy (non-hydrogen) atoms. The summed E-state index contributed by atoms with van der Waals surface area (Å²) in [6.07, 6.45) is 3.49. The van der Waals surface area contributed by atoms with E-state index in [-0.39, 0.29) is 5.78 Å². The predicted molar refractivity (Wildman–Crippen MR) is 66.0 cm³/mol. The number of rotatable bonds is 2. The van der Waals surface area contributed by atoms with Crippen molar-refractivity contribution in [1.82, 2.24) is 9.97 Å². The van der Waals surface area contributed by atoms with Gasteiger partial charge in [0.25, 0.3) is 0 Å². The molecule has 0 saturated carbocycles. The van der Waals surface area contributed by atoms with Crippen LogP contribution in [0.3, 0.4) is 0 Å². The first-order chi connectivity index (χ1) is 8.34. The molecule has 3 heteroatoms. The molecule has 1 N–H and O–H groups in total. The molecule has 0 aliphatic carbocycles. The molecule has 3 aromatic rings. The van der Waals surface area contributed by atoms with E-state index in [9.17, 15) is 4.79 Å². The van der Waals surface area contributed by atoms with Crippen LogP contribution in [0, 0.1) is 0 Å². The van der Waals surface area contributed by atoms with E-state index in [4.69, 9.17) is 0 Å². The first-order valence-electron chi connectivity index (χ1n) is 5.37. The lowest BCUT2D eigenvalue weighted by atomic mass is 10.1. The van der Waals surface area contributed by atoms with Gasteiger partial charge in [0.05, 0.1) is 11.2 Å². The minimum Gasteiger partial charge on any atom is -0.359 e. The Morgan fingerprint density at radius 3 is 2.88 bits per heavy atom. The van der Waals surface area contributed by atoms with E-state index in [1.807, 2.05) is 30.3 Å². The van der Waals surface area contributed by atoms with E-state index in [1.165, 1.54) is 0 Å². The largest absolute Gasteiger partial charge is 0.359 e. The Kier molecular flexibility index (Phi) is 2.22. The summed E-state index contributed by atoms with van der Waals surface area (Å²) in [5.41, 5.74) is 2.18. The van der Waals surface area contributed by atoms with Gasteiger partial charge in [0.2, 0.25) is 5.78 Å². The lowest BCUT2D eigenvalue weighted by molar-refractivity contribution is 0.103. The number of fused-ring (bicyclic) bond motifs is 1. The number of benzene rings is 1. The summed E-state index contributed by atoms with van der Waals surface area (Å²) in [7, 11) is 0. The van der Waals surface area contributed by atoms with E-state index in [0.717, 1.165) is 10.9 Å². The van der Waals surface area contributed by atoms with Crippen LogP contribution >= 0.6 is 0 Å². The summed E-state index contributed by atoms with van der Waals surface area (Å²) in [6.45, 7) is 0. The molecule has 2 heterocycles. The summed E-state index contributed by atoms with van der Waals surface area (Å²) in [4.78, 5) is 19.2. The van der Waals surface area contributed by atoms with Crippen molar-refractivity contribution in [3.63, 3.8) is 0 Å². The first-order valence-corrected chi connectivity index (χ1v) is 5.37. The van der Waals surface area contributed by atoms with Crippen LogP contribution in [-0.4, -0.2) is 15.8 Å². The van der Waals surface area contributed by atoms with Crippen LogP contribution in [0.4, 0.5) is 0 Å². The molecule has 1 aromatic carbocycles. The number of hydrogen-bond acceptors (Lipinski definition) is 2. The molecule has 0 aliphatic heterocycles. The average molecular weight is 222 g/mol. The highest BCUT2D eigenvalue weighted by molar-refractivity contribution is 6.09. The van der Waals surface area contributed by atoms with Crippen molar-refractivity contribution in [3.05, 3.63) is 66.1 Å². The third kappa shape index (κ3) is 1.72. The van der Waals surface area contributed by atoms with Crippen LogP contribution in [0.15, 0.2) is 54.9 Å². The number of H-pyrrole nitrogens is 1. The number of nitrogens with zero attached hydrogens (tertiary/aromatic N) is 1. The van der Waals surface area contributed by atoms with Gasteiger partial charge in [-0.3, -0.25) is 9.78 Å². The zero-order valence-corrected chi connectivity index (χ0v) is 9.05. The summed E-state index contributed by atoms with van der Waals surface area (Å²) >= 11 is 0. The smallest absolute Gasteiger partial charge is 0.209 e. The molecule has 3 rings (SSSR count). The third-order valence-corrected chi connectivity index (χ3v) is 2.71. The molecular formula is C14H10N2O. The lowest BCUT2D eigenvalue weighted by Crippen LogP contribution is -2.01. The summed E-state index contributed by atoms with van der Waals surface area (Å²) in [5.74, 6) is 0.000697. The number of hydrogen-bond donors (Lipinski definition) is 1. The highest BCUT2D eigenvalue weighted by atomic mass is 16.1. The van der Waals surface area contributed by atoms with Gasteiger partial charge < -0.3 is 4.98 Å². The van der Waals surface area contributed by atoms with Crippen molar-refractivity contribution in [2.24, 2.45) is 0 Å². The van der Waals surface area contributed by atoms with E-state index in [2.05, 4.69) is 9.97 Å². The topological polar surface area (TPSA) is 45.8 Å². The average Bonchev–Trinajstić information content (AvgIpc) is 2.91. The normalized spacial score (nSPS) is 10.6. The Morgan fingerprint density at radius 2 is 2.06 bits per heavy atom. The Balaban J connectivity index is 2.09. The second kappa shape index (κ2) is 3.87. The molecule has 0 spiro atoms. The quantitative estimate of drug-likeness (QED) is 0.677. The minimum absolute atomic E-state index is 0.000697. The van der Waals surface area contributed by atoms with Gasteiger partial charge in [0, 0.05) is 23.3 Å². The number of carbonyl (C=O) groups excluding carboxylic acids is 1. The van der Waals surface area contributed by atoms with E-state index in [1.54, 1.807) is 24.5 Å². The molecule has 0 fully saturated rings. The van der Waals surface area contributed by atoms with E-state index >= 15 is 0 Å². The Hall–Kier alpha value is -2.42. The molecule has 82 valence electrons. The molecule has 2 aromatic heterocycles. The van der Waals surface area contributed by atoms with Crippen molar-refractivity contribution in [2.75, 3.05) is 0 Å². The first kappa shape index (κ1) is 9.78. The maximum Gasteiger partial charge on any atom is 0.209 e. The third-order valence-electron chi connectivity index (χ3n) is 2.71. The summed E-state index contributed by atoms with van der Waals surface area (Å²) < 4.78 is 0. The fourth-order valence-electron chi connectivity index (χ4n) is 1.84. The number of nitrogens with one attached hydrogen (secondary N) is 1. The molecule has 0 radical (unpaired) electrons. The standard InChI is InChI=1S/C14H10N2O/c17-14(13-4-2-8-16-13)11-5-6-12-10(9-11)3-1-7-15-12/h1-9,16H. The maximum atomic E-state index is 12.1. The van der Waals surface area contributed by atoms with Crippen LogP contribution in [0.2, 0.25) is 0 Å². The lowest BCUT2D eigenvalue weighted by Gasteiger charge is -2.01. The highest BCUT2D eigenvalue weighted by Gasteiger charge is 2.09. The monoisotopic (exact) mass is 222 g/mol.